The lowest BCUT2D eigenvalue weighted by molar-refractivity contribution is -0.00958. The molecule has 0 bridgehead atoms. The minimum Gasteiger partial charge on any atom is -0.381 e. The van der Waals surface area contributed by atoms with E-state index in [1.54, 1.807) is 0 Å². The van der Waals surface area contributed by atoms with E-state index in [0.29, 0.717) is 0 Å². The van der Waals surface area contributed by atoms with Gasteiger partial charge >= 0.3 is 0 Å². The number of hydrogen-bond acceptors (Lipinski definition) is 2. The standard InChI is InChI=1S/C13H23NO/c1-2-12(3-1)14-13-5-4-11-9-15-7-6-10(11)8-13/h10-14H,1-9H2. The summed E-state index contributed by atoms with van der Waals surface area (Å²) in [5, 5.41) is 3.85. The fourth-order valence-corrected chi connectivity index (χ4v) is 3.43. The minimum absolute atomic E-state index is 0.828. The first-order valence-electron chi connectivity index (χ1n) is 6.75. The molecule has 86 valence electrons. The van der Waals surface area contributed by atoms with E-state index in [0.717, 1.165) is 37.1 Å². The van der Waals surface area contributed by atoms with Crippen molar-refractivity contribution in [3.63, 3.8) is 0 Å². The molecule has 2 saturated carbocycles. The van der Waals surface area contributed by atoms with Gasteiger partial charge in [0.15, 0.2) is 0 Å². The number of rotatable bonds is 2. The second-order valence-electron chi connectivity index (χ2n) is 5.69. The van der Waals surface area contributed by atoms with Crippen LogP contribution in [0.15, 0.2) is 0 Å². The van der Waals surface area contributed by atoms with Crippen LogP contribution in [0.4, 0.5) is 0 Å². The molecule has 1 aliphatic heterocycles. The normalized spacial score (nSPS) is 42.0. The molecule has 3 atom stereocenters. The van der Waals surface area contributed by atoms with E-state index < -0.39 is 0 Å². The first-order chi connectivity index (χ1) is 7.42. The molecule has 1 N–H and O–H groups in total. The van der Waals surface area contributed by atoms with E-state index >= 15 is 0 Å². The van der Waals surface area contributed by atoms with Crippen molar-refractivity contribution in [1.82, 2.24) is 5.32 Å². The van der Waals surface area contributed by atoms with Crippen molar-refractivity contribution in [2.75, 3.05) is 13.2 Å². The summed E-state index contributed by atoms with van der Waals surface area (Å²) in [4.78, 5) is 0. The van der Waals surface area contributed by atoms with Crippen LogP contribution in [0.1, 0.15) is 44.9 Å². The van der Waals surface area contributed by atoms with Crippen molar-refractivity contribution >= 4 is 0 Å². The number of hydrogen-bond donors (Lipinski definition) is 1. The predicted octanol–water partition coefficient (Wildman–Crippen LogP) is 2.33. The van der Waals surface area contributed by atoms with Gasteiger partial charge in [-0.05, 0) is 50.4 Å². The van der Waals surface area contributed by atoms with Gasteiger partial charge in [0.2, 0.25) is 0 Å². The highest BCUT2D eigenvalue weighted by atomic mass is 16.5. The first kappa shape index (κ1) is 10.1. The Morgan fingerprint density at radius 3 is 2.60 bits per heavy atom. The minimum atomic E-state index is 0.828. The Labute approximate surface area is 92.8 Å². The fourth-order valence-electron chi connectivity index (χ4n) is 3.43. The SMILES string of the molecule is C1CC(NC2CCC3COCCC3C2)C1. The van der Waals surface area contributed by atoms with Crippen LogP contribution in [-0.2, 0) is 4.74 Å². The lowest BCUT2D eigenvalue weighted by Gasteiger charge is -2.41. The van der Waals surface area contributed by atoms with Gasteiger partial charge in [0.1, 0.15) is 0 Å². The maximum atomic E-state index is 5.57. The number of ether oxygens (including phenoxy) is 1. The highest BCUT2D eigenvalue weighted by Crippen LogP contribution is 2.36. The molecule has 3 fully saturated rings. The van der Waals surface area contributed by atoms with Gasteiger partial charge in [-0.25, -0.2) is 0 Å². The Balaban J connectivity index is 1.50. The number of nitrogens with one attached hydrogen (secondary N) is 1. The third kappa shape index (κ3) is 2.21. The van der Waals surface area contributed by atoms with Crippen LogP contribution in [0.2, 0.25) is 0 Å². The Hall–Kier alpha value is -0.0800. The van der Waals surface area contributed by atoms with Gasteiger partial charge in [-0.15, -0.1) is 0 Å². The van der Waals surface area contributed by atoms with Crippen molar-refractivity contribution in [2.24, 2.45) is 11.8 Å². The maximum absolute atomic E-state index is 5.57. The van der Waals surface area contributed by atoms with Crippen LogP contribution in [0.5, 0.6) is 0 Å². The van der Waals surface area contributed by atoms with Crippen molar-refractivity contribution in [1.29, 1.82) is 0 Å². The van der Waals surface area contributed by atoms with E-state index in [1.165, 1.54) is 44.9 Å². The lowest BCUT2D eigenvalue weighted by Crippen LogP contribution is -2.47. The van der Waals surface area contributed by atoms with Crippen LogP contribution in [0.25, 0.3) is 0 Å². The summed E-state index contributed by atoms with van der Waals surface area (Å²) in [6.07, 6.45) is 9.82. The molecule has 1 heterocycles. The molecule has 2 nitrogen and oxygen atoms in total. The second-order valence-corrected chi connectivity index (χ2v) is 5.69. The smallest absolute Gasteiger partial charge is 0.0496 e. The summed E-state index contributed by atoms with van der Waals surface area (Å²) >= 11 is 0. The second kappa shape index (κ2) is 4.42. The van der Waals surface area contributed by atoms with Gasteiger partial charge < -0.3 is 10.1 Å². The van der Waals surface area contributed by atoms with Gasteiger partial charge in [-0.1, -0.05) is 6.42 Å². The zero-order valence-electron chi connectivity index (χ0n) is 9.58. The summed E-state index contributed by atoms with van der Waals surface area (Å²) in [5.41, 5.74) is 0. The van der Waals surface area contributed by atoms with Crippen molar-refractivity contribution in [3.05, 3.63) is 0 Å². The molecule has 2 heteroatoms. The van der Waals surface area contributed by atoms with E-state index in [1.807, 2.05) is 0 Å². The van der Waals surface area contributed by atoms with E-state index in [4.69, 9.17) is 4.74 Å². The van der Waals surface area contributed by atoms with Crippen LogP contribution >= 0.6 is 0 Å². The van der Waals surface area contributed by atoms with E-state index in [2.05, 4.69) is 5.32 Å². The quantitative estimate of drug-likeness (QED) is 0.753. The summed E-state index contributed by atoms with van der Waals surface area (Å²) in [6.45, 7) is 2.05. The highest BCUT2D eigenvalue weighted by molar-refractivity contribution is 4.88. The number of fused-ring (bicyclic) bond motifs is 1. The summed E-state index contributed by atoms with van der Waals surface area (Å²) in [6, 6.07) is 1.70. The molecule has 2 aliphatic carbocycles. The summed E-state index contributed by atoms with van der Waals surface area (Å²) in [7, 11) is 0. The van der Waals surface area contributed by atoms with Crippen LogP contribution in [0.3, 0.4) is 0 Å². The van der Waals surface area contributed by atoms with Crippen LogP contribution < -0.4 is 5.32 Å². The van der Waals surface area contributed by atoms with E-state index in [9.17, 15) is 0 Å². The van der Waals surface area contributed by atoms with Gasteiger partial charge in [-0.3, -0.25) is 0 Å². The molecule has 0 radical (unpaired) electrons. The molecule has 0 aromatic rings. The molecular weight excluding hydrogens is 186 g/mol. The van der Waals surface area contributed by atoms with E-state index in [-0.39, 0.29) is 0 Å². The molecular formula is C13H23NO. The third-order valence-corrected chi connectivity index (χ3v) is 4.68. The molecule has 0 amide bonds. The third-order valence-electron chi connectivity index (χ3n) is 4.68. The average molecular weight is 209 g/mol. The molecule has 0 aromatic heterocycles. The zero-order valence-corrected chi connectivity index (χ0v) is 9.58. The first-order valence-corrected chi connectivity index (χ1v) is 6.75. The maximum Gasteiger partial charge on any atom is 0.0496 e. The van der Waals surface area contributed by atoms with Crippen LogP contribution in [0, 0.1) is 11.8 Å². The predicted molar refractivity (Wildman–Crippen MR) is 60.8 cm³/mol. The Bertz CT molecular complexity index is 215. The van der Waals surface area contributed by atoms with Gasteiger partial charge in [0.25, 0.3) is 0 Å². The van der Waals surface area contributed by atoms with Gasteiger partial charge in [0.05, 0.1) is 0 Å². The summed E-state index contributed by atoms with van der Waals surface area (Å²) in [5.74, 6) is 1.85. The molecule has 1 saturated heterocycles. The monoisotopic (exact) mass is 209 g/mol. The fraction of sp³-hybridized carbons (Fsp3) is 1.00. The molecule has 3 aliphatic rings. The lowest BCUT2D eigenvalue weighted by atomic mass is 9.74. The van der Waals surface area contributed by atoms with Crippen LogP contribution in [-0.4, -0.2) is 25.3 Å². The van der Waals surface area contributed by atoms with Crippen molar-refractivity contribution < 1.29 is 4.74 Å². The Kier molecular flexibility index (Phi) is 2.98. The molecule has 3 rings (SSSR count). The Morgan fingerprint density at radius 1 is 0.867 bits per heavy atom. The molecule has 15 heavy (non-hydrogen) atoms. The Morgan fingerprint density at radius 2 is 1.80 bits per heavy atom. The average Bonchev–Trinajstić information content (AvgIpc) is 2.23. The summed E-state index contributed by atoms with van der Waals surface area (Å²) < 4.78 is 5.57. The van der Waals surface area contributed by atoms with Crippen molar-refractivity contribution in [2.45, 2.75) is 57.0 Å². The molecule has 0 spiro atoms. The molecule has 3 unspecified atom stereocenters. The zero-order chi connectivity index (χ0) is 10.1. The van der Waals surface area contributed by atoms with Gasteiger partial charge in [-0.2, -0.15) is 0 Å². The topological polar surface area (TPSA) is 21.3 Å². The van der Waals surface area contributed by atoms with Crippen molar-refractivity contribution in [3.8, 4) is 0 Å². The largest absolute Gasteiger partial charge is 0.381 e. The van der Waals surface area contributed by atoms with Gasteiger partial charge in [0, 0.05) is 25.3 Å². The highest BCUT2D eigenvalue weighted by Gasteiger charge is 2.33. The molecule has 0 aromatic carbocycles.